The molecule has 2 aromatic carbocycles. The summed E-state index contributed by atoms with van der Waals surface area (Å²) >= 11 is 0. The third-order valence-electron chi connectivity index (χ3n) is 3.96. The lowest BCUT2D eigenvalue weighted by atomic mass is 10.1. The van der Waals surface area contributed by atoms with Crippen LogP contribution in [0.15, 0.2) is 47.6 Å². The van der Waals surface area contributed by atoms with Gasteiger partial charge in [-0.05, 0) is 24.3 Å². The first-order valence-electron chi connectivity index (χ1n) is 7.75. The highest BCUT2D eigenvalue weighted by Gasteiger charge is 2.22. The van der Waals surface area contributed by atoms with E-state index in [1.54, 1.807) is 42.5 Å². The number of rotatable bonds is 6. The molecule has 0 bridgehead atoms. The van der Waals surface area contributed by atoms with Crippen molar-refractivity contribution in [2.75, 3.05) is 20.5 Å². The highest BCUT2D eigenvalue weighted by Crippen LogP contribution is 2.26. The maximum absolute atomic E-state index is 12.9. The van der Waals surface area contributed by atoms with Crippen LogP contribution in [0.4, 0.5) is 0 Å². The van der Waals surface area contributed by atoms with Gasteiger partial charge in [-0.25, -0.2) is 13.4 Å². The lowest BCUT2D eigenvalue weighted by molar-refractivity contribution is 0.0967. The highest BCUT2D eigenvalue weighted by atomic mass is 32.2. The number of para-hydroxylation sites is 2. The number of benzene rings is 2. The van der Waals surface area contributed by atoms with Crippen LogP contribution >= 0.6 is 0 Å². The van der Waals surface area contributed by atoms with Gasteiger partial charge in [-0.2, -0.15) is 0 Å². The molecule has 0 atom stereocenters. The number of hydrogen-bond donors (Lipinski definition) is 0. The predicted molar refractivity (Wildman–Crippen MR) is 96.7 cm³/mol. The average Bonchev–Trinajstić information content (AvgIpc) is 3.00. The summed E-state index contributed by atoms with van der Waals surface area (Å²) in [6.07, 6.45) is 1.07. The van der Waals surface area contributed by atoms with Crippen LogP contribution in [0.3, 0.4) is 0 Å². The fourth-order valence-electron chi connectivity index (χ4n) is 2.75. The van der Waals surface area contributed by atoms with Gasteiger partial charge in [0.25, 0.3) is 0 Å². The quantitative estimate of drug-likeness (QED) is 0.616. The van der Waals surface area contributed by atoms with Gasteiger partial charge in [0.1, 0.15) is 11.5 Å². The Morgan fingerprint density at radius 2 is 1.85 bits per heavy atom. The van der Waals surface area contributed by atoms with Gasteiger partial charge in [-0.15, -0.1) is 0 Å². The number of aromatic nitrogens is 2. The molecule has 0 N–H and O–H groups in total. The first kappa shape index (κ1) is 17.9. The van der Waals surface area contributed by atoms with Gasteiger partial charge in [0.2, 0.25) is 15.0 Å². The third kappa shape index (κ3) is 3.28. The number of ketones is 1. The molecule has 0 aliphatic heterocycles. The van der Waals surface area contributed by atoms with Crippen molar-refractivity contribution in [3.8, 4) is 11.5 Å². The number of Topliss-reactive ketones (excluding diaryl/α,β-unsaturated/α-hetero) is 1. The number of carbonyl (C=O) groups excluding carboxylic acids is 1. The Kier molecular flexibility index (Phi) is 4.69. The Morgan fingerprint density at radius 3 is 2.50 bits per heavy atom. The van der Waals surface area contributed by atoms with E-state index in [4.69, 9.17) is 9.47 Å². The molecule has 0 aliphatic carbocycles. The van der Waals surface area contributed by atoms with Crippen molar-refractivity contribution in [2.24, 2.45) is 0 Å². The molecule has 8 heteroatoms. The molecular formula is C18H18N2O5S. The number of sulfone groups is 1. The summed E-state index contributed by atoms with van der Waals surface area (Å²) in [6.45, 7) is -0.175. The molecule has 0 aliphatic rings. The summed E-state index contributed by atoms with van der Waals surface area (Å²) in [7, 11) is -0.623. The molecule has 26 heavy (non-hydrogen) atoms. The van der Waals surface area contributed by atoms with E-state index in [-0.39, 0.29) is 17.5 Å². The largest absolute Gasteiger partial charge is 0.497 e. The Morgan fingerprint density at radius 1 is 1.12 bits per heavy atom. The topological polar surface area (TPSA) is 87.5 Å². The van der Waals surface area contributed by atoms with Gasteiger partial charge in [-0.3, -0.25) is 4.79 Å². The molecular weight excluding hydrogens is 356 g/mol. The second-order valence-electron chi connectivity index (χ2n) is 5.73. The van der Waals surface area contributed by atoms with Crippen LogP contribution in [0.5, 0.6) is 11.5 Å². The first-order chi connectivity index (χ1) is 12.3. The molecule has 0 spiro atoms. The van der Waals surface area contributed by atoms with Crippen LogP contribution in [0, 0.1) is 0 Å². The molecule has 1 aromatic heterocycles. The minimum Gasteiger partial charge on any atom is -0.497 e. The zero-order valence-corrected chi connectivity index (χ0v) is 15.4. The number of imidazole rings is 1. The van der Waals surface area contributed by atoms with Crippen LogP contribution in [-0.4, -0.2) is 44.2 Å². The molecule has 0 unspecified atom stereocenters. The summed E-state index contributed by atoms with van der Waals surface area (Å²) in [4.78, 5) is 17.0. The second-order valence-corrected chi connectivity index (χ2v) is 7.64. The predicted octanol–water partition coefficient (Wildman–Crippen LogP) is 2.34. The van der Waals surface area contributed by atoms with E-state index in [0.717, 1.165) is 6.26 Å². The number of carbonyl (C=O) groups is 1. The van der Waals surface area contributed by atoms with Gasteiger partial charge in [0.15, 0.2) is 5.78 Å². The van der Waals surface area contributed by atoms with Crippen LogP contribution in [0.25, 0.3) is 11.0 Å². The smallest absolute Gasteiger partial charge is 0.228 e. The highest BCUT2D eigenvalue weighted by molar-refractivity contribution is 7.90. The molecule has 0 radical (unpaired) electrons. The molecule has 3 rings (SSSR count). The van der Waals surface area contributed by atoms with E-state index < -0.39 is 9.84 Å². The molecule has 3 aromatic rings. The minimum absolute atomic E-state index is 0.139. The van der Waals surface area contributed by atoms with Gasteiger partial charge < -0.3 is 14.0 Å². The number of hydrogen-bond acceptors (Lipinski definition) is 6. The van der Waals surface area contributed by atoms with Crippen molar-refractivity contribution < 1.29 is 22.7 Å². The summed E-state index contributed by atoms with van der Waals surface area (Å²) < 4.78 is 36.0. The molecule has 0 amide bonds. The Bertz CT molecular complexity index is 1090. The molecule has 7 nitrogen and oxygen atoms in total. The van der Waals surface area contributed by atoms with Gasteiger partial charge in [0.05, 0.1) is 37.4 Å². The number of methoxy groups -OCH3 is 2. The molecule has 1 heterocycles. The molecule has 0 saturated carbocycles. The second kappa shape index (κ2) is 6.80. The van der Waals surface area contributed by atoms with Crippen molar-refractivity contribution in [2.45, 2.75) is 11.7 Å². The van der Waals surface area contributed by atoms with E-state index >= 15 is 0 Å². The summed E-state index contributed by atoms with van der Waals surface area (Å²) in [6, 6.07) is 11.8. The summed E-state index contributed by atoms with van der Waals surface area (Å²) in [5.41, 5.74) is 1.43. The van der Waals surface area contributed by atoms with Crippen molar-refractivity contribution in [3.05, 3.63) is 48.0 Å². The molecule has 0 fully saturated rings. The van der Waals surface area contributed by atoms with E-state index in [1.165, 1.54) is 18.8 Å². The van der Waals surface area contributed by atoms with Crippen LogP contribution < -0.4 is 9.47 Å². The summed E-state index contributed by atoms with van der Waals surface area (Å²) in [5.74, 6) is 0.625. The third-order valence-corrected chi connectivity index (χ3v) is 4.94. The van der Waals surface area contributed by atoms with E-state index in [9.17, 15) is 13.2 Å². The monoisotopic (exact) mass is 374 g/mol. The maximum Gasteiger partial charge on any atom is 0.228 e. The number of nitrogens with zero attached hydrogens (tertiary/aromatic N) is 2. The lowest BCUT2D eigenvalue weighted by Crippen LogP contribution is -2.16. The van der Waals surface area contributed by atoms with Crippen molar-refractivity contribution in [1.82, 2.24) is 9.55 Å². The van der Waals surface area contributed by atoms with Crippen LogP contribution in [-0.2, 0) is 16.4 Å². The van der Waals surface area contributed by atoms with Gasteiger partial charge in [-0.1, -0.05) is 12.1 Å². The van der Waals surface area contributed by atoms with Crippen LogP contribution in [0.2, 0.25) is 0 Å². The van der Waals surface area contributed by atoms with Crippen molar-refractivity contribution in [1.29, 1.82) is 0 Å². The standard InChI is InChI=1S/C18H18N2O5S/c1-24-12-8-9-13(17(10-12)25-2)16(21)11-20-15-7-5-4-6-14(15)19-18(20)26(3,22)23/h4-10H,11H2,1-3H3. The maximum atomic E-state index is 12.9. The van der Waals surface area contributed by atoms with E-state index in [1.807, 2.05) is 0 Å². The Balaban J connectivity index is 2.08. The van der Waals surface area contributed by atoms with Crippen molar-refractivity contribution >= 4 is 26.7 Å². The zero-order chi connectivity index (χ0) is 18.9. The first-order valence-corrected chi connectivity index (χ1v) is 9.65. The SMILES string of the molecule is COc1ccc(C(=O)Cn2c(S(C)(=O)=O)nc3ccccc32)c(OC)c1. The fourth-order valence-corrected chi connectivity index (χ4v) is 3.57. The van der Waals surface area contributed by atoms with Crippen molar-refractivity contribution in [3.63, 3.8) is 0 Å². The van der Waals surface area contributed by atoms with E-state index in [2.05, 4.69) is 4.98 Å². The zero-order valence-electron chi connectivity index (χ0n) is 14.6. The summed E-state index contributed by atoms with van der Waals surface area (Å²) in [5, 5.41) is -0.139. The average molecular weight is 374 g/mol. The number of fused-ring (bicyclic) bond motifs is 1. The Hall–Kier alpha value is -2.87. The van der Waals surface area contributed by atoms with Crippen LogP contribution in [0.1, 0.15) is 10.4 Å². The van der Waals surface area contributed by atoms with Gasteiger partial charge in [0, 0.05) is 12.3 Å². The Labute approximate surface area is 151 Å². The fraction of sp³-hybridized carbons (Fsp3) is 0.222. The van der Waals surface area contributed by atoms with Gasteiger partial charge >= 0.3 is 0 Å². The lowest BCUT2D eigenvalue weighted by Gasteiger charge is -2.11. The minimum atomic E-state index is -3.60. The van der Waals surface area contributed by atoms with E-state index in [0.29, 0.717) is 28.1 Å². The molecule has 0 saturated heterocycles. The normalized spacial score (nSPS) is 11.5. The molecule has 136 valence electrons. The number of ether oxygens (including phenoxy) is 2.